The smallest absolute Gasteiger partial charge is 0.311 e. The number of methoxy groups -OCH3 is 1. The predicted molar refractivity (Wildman–Crippen MR) is 153 cm³/mol. The topological polar surface area (TPSA) is 139 Å². The minimum Gasteiger partial charge on any atom is -0.481 e. The summed E-state index contributed by atoms with van der Waals surface area (Å²) in [4.78, 5) is 29.6. The second-order valence-corrected chi connectivity index (χ2v) is 12.6. The van der Waals surface area contributed by atoms with E-state index < -0.39 is 21.4 Å². The second kappa shape index (κ2) is 11.6. The van der Waals surface area contributed by atoms with Crippen molar-refractivity contribution in [3.05, 3.63) is 47.0 Å². The van der Waals surface area contributed by atoms with Crippen LogP contribution >= 0.6 is 0 Å². The highest BCUT2D eigenvalue weighted by atomic mass is 32.2. The lowest BCUT2D eigenvalue weighted by molar-refractivity contribution is -0.151. The lowest BCUT2D eigenvalue weighted by Crippen LogP contribution is -2.36. The van der Waals surface area contributed by atoms with E-state index in [0.29, 0.717) is 16.7 Å². The van der Waals surface area contributed by atoms with E-state index in [1.54, 1.807) is 14.0 Å². The molecule has 1 atom stereocenters. The van der Waals surface area contributed by atoms with Gasteiger partial charge in [0.2, 0.25) is 15.7 Å². The average Bonchev–Trinajstić information content (AvgIpc) is 3.69. The van der Waals surface area contributed by atoms with Crippen LogP contribution < -0.4 is 9.62 Å². The molecule has 1 fully saturated rings. The Labute approximate surface area is 234 Å². The number of nitrogens with one attached hydrogen (secondary N) is 1. The van der Waals surface area contributed by atoms with Crippen molar-refractivity contribution >= 4 is 38.8 Å². The number of aliphatic carboxylic acids is 1. The van der Waals surface area contributed by atoms with E-state index in [-0.39, 0.29) is 49.3 Å². The van der Waals surface area contributed by atoms with Crippen LogP contribution in [0.15, 0.2) is 34.7 Å². The number of carboxylic acids is 1. The van der Waals surface area contributed by atoms with Crippen LogP contribution in [0, 0.1) is 5.41 Å². The lowest BCUT2D eigenvalue weighted by Gasteiger charge is -2.27. The molecule has 11 heteroatoms. The van der Waals surface area contributed by atoms with Crippen molar-refractivity contribution in [2.75, 3.05) is 37.9 Å². The Balaban J connectivity index is 1.81. The monoisotopic (exact) mass is 571 g/mol. The number of fused-ring (bicyclic) bond motifs is 1. The van der Waals surface area contributed by atoms with E-state index in [9.17, 15) is 23.1 Å². The van der Waals surface area contributed by atoms with Gasteiger partial charge in [-0.1, -0.05) is 31.2 Å². The Hall–Kier alpha value is -3.44. The maximum Gasteiger partial charge on any atom is 0.311 e. The third-order valence-electron chi connectivity index (χ3n) is 7.49. The Kier molecular flexibility index (Phi) is 8.55. The summed E-state index contributed by atoms with van der Waals surface area (Å²) in [6.07, 6.45) is 4.22. The number of sulfonamides is 1. The number of ether oxygens (including phenoxy) is 1. The molecule has 1 saturated carbocycles. The highest BCUT2D eigenvalue weighted by Gasteiger charge is 2.36. The number of anilines is 1. The molecule has 1 aliphatic rings. The molecule has 40 heavy (non-hydrogen) atoms. The first-order chi connectivity index (χ1) is 18.9. The normalized spacial score (nSPS) is 15.1. The fraction of sp³-hybridized carbons (Fsp3) is 0.483. The molecule has 3 aromatic rings. The van der Waals surface area contributed by atoms with Crippen LogP contribution in [0.25, 0.3) is 22.4 Å². The Morgan fingerprint density at radius 1 is 1.25 bits per heavy atom. The first-order valence-corrected chi connectivity index (χ1v) is 15.3. The first-order valence-electron chi connectivity index (χ1n) is 13.4. The minimum atomic E-state index is -3.78. The molecule has 0 saturated heterocycles. The number of hydrogen-bond acceptors (Lipinski definition) is 7. The van der Waals surface area contributed by atoms with Crippen LogP contribution in [0.4, 0.5) is 5.82 Å². The average molecular weight is 572 g/mol. The molecule has 2 N–H and O–H groups in total. The second-order valence-electron chi connectivity index (χ2n) is 10.7. The molecule has 2 aromatic heterocycles. The molecule has 1 unspecified atom stereocenters. The maximum atomic E-state index is 13.1. The van der Waals surface area contributed by atoms with Crippen molar-refractivity contribution in [3.8, 4) is 11.3 Å². The van der Waals surface area contributed by atoms with Crippen LogP contribution in [0.5, 0.6) is 0 Å². The van der Waals surface area contributed by atoms with Crippen LogP contribution in [0.3, 0.4) is 0 Å². The number of rotatable bonds is 13. The minimum absolute atomic E-state index is 0.00934. The van der Waals surface area contributed by atoms with E-state index in [0.717, 1.165) is 42.2 Å². The molecule has 0 radical (unpaired) electrons. The van der Waals surface area contributed by atoms with Crippen molar-refractivity contribution in [2.24, 2.45) is 5.41 Å². The van der Waals surface area contributed by atoms with Crippen LogP contribution in [-0.2, 0) is 26.0 Å². The zero-order valence-corrected chi connectivity index (χ0v) is 24.4. The molecule has 0 bridgehead atoms. The molecule has 1 amide bonds. The zero-order chi connectivity index (χ0) is 29.2. The highest BCUT2D eigenvalue weighted by Crippen LogP contribution is 2.47. The Morgan fingerprint density at radius 2 is 1.93 bits per heavy atom. The van der Waals surface area contributed by atoms with Gasteiger partial charge in [0.1, 0.15) is 11.6 Å². The van der Waals surface area contributed by atoms with Crippen molar-refractivity contribution in [3.63, 3.8) is 0 Å². The van der Waals surface area contributed by atoms with Gasteiger partial charge in [-0.15, -0.1) is 0 Å². The summed E-state index contributed by atoms with van der Waals surface area (Å²) < 4.78 is 38.6. The number of aromatic nitrogens is 1. The Morgan fingerprint density at radius 3 is 2.45 bits per heavy atom. The third kappa shape index (κ3) is 6.00. The summed E-state index contributed by atoms with van der Waals surface area (Å²) in [6, 6.07) is 9.58. The van der Waals surface area contributed by atoms with Gasteiger partial charge in [0.05, 0.1) is 29.2 Å². The standard InChI is InChI=1S/C29H37N3O7S/c1-6-18-8-10-20(11-9-18)24-23(26(33)30-3)22-16-21(19-12-13-19)25(31-27(22)39-24)32(40(5,36)37)15-7-14-29(2,17-38-4)28(34)35/h8-11,16,19H,6-7,12-15,17H2,1-5H3,(H,30,33)(H,34,35). The molecule has 2 heterocycles. The van der Waals surface area contributed by atoms with Gasteiger partial charge in [0, 0.05) is 26.3 Å². The van der Waals surface area contributed by atoms with Gasteiger partial charge in [0.15, 0.2) is 0 Å². The molecular weight excluding hydrogens is 534 g/mol. The van der Waals surface area contributed by atoms with Gasteiger partial charge in [-0.05, 0) is 62.1 Å². The summed E-state index contributed by atoms with van der Waals surface area (Å²) in [5.74, 6) is -0.600. The van der Waals surface area contributed by atoms with Crippen molar-refractivity contribution in [1.82, 2.24) is 10.3 Å². The number of hydrogen-bond donors (Lipinski definition) is 2. The number of carbonyl (C=O) groups excluding carboxylic acids is 1. The third-order valence-corrected chi connectivity index (χ3v) is 8.65. The molecule has 0 spiro atoms. The van der Waals surface area contributed by atoms with Gasteiger partial charge in [-0.2, -0.15) is 4.98 Å². The van der Waals surface area contributed by atoms with Gasteiger partial charge < -0.3 is 19.6 Å². The molecule has 4 rings (SSSR count). The largest absolute Gasteiger partial charge is 0.481 e. The number of carbonyl (C=O) groups is 2. The van der Waals surface area contributed by atoms with Crippen molar-refractivity contribution < 1.29 is 32.3 Å². The number of amides is 1. The number of carboxylic acid groups (broad SMARTS) is 1. The fourth-order valence-corrected chi connectivity index (χ4v) is 5.89. The zero-order valence-electron chi connectivity index (χ0n) is 23.6. The molecule has 1 aromatic carbocycles. The fourth-order valence-electron chi connectivity index (χ4n) is 4.97. The molecule has 216 valence electrons. The van der Waals surface area contributed by atoms with Crippen molar-refractivity contribution in [2.45, 2.75) is 51.9 Å². The van der Waals surface area contributed by atoms with Crippen molar-refractivity contribution in [1.29, 1.82) is 0 Å². The van der Waals surface area contributed by atoms with E-state index in [1.807, 2.05) is 30.3 Å². The summed E-state index contributed by atoms with van der Waals surface area (Å²) >= 11 is 0. The van der Waals surface area contributed by atoms with E-state index >= 15 is 0 Å². The highest BCUT2D eigenvalue weighted by molar-refractivity contribution is 7.92. The molecule has 1 aliphatic carbocycles. The predicted octanol–water partition coefficient (Wildman–Crippen LogP) is 4.58. The quantitative estimate of drug-likeness (QED) is 0.304. The number of nitrogens with zero attached hydrogens (tertiary/aromatic N) is 2. The van der Waals surface area contributed by atoms with Gasteiger partial charge in [-0.25, -0.2) is 8.42 Å². The van der Waals surface area contributed by atoms with Gasteiger partial charge in [-0.3, -0.25) is 13.9 Å². The maximum absolute atomic E-state index is 13.1. The Bertz CT molecular complexity index is 1510. The van der Waals surface area contributed by atoms with Crippen LogP contribution in [0.1, 0.15) is 66.9 Å². The molecular formula is C29H37N3O7S. The summed E-state index contributed by atoms with van der Waals surface area (Å²) in [7, 11) is -0.790. The van der Waals surface area contributed by atoms with Crippen LogP contribution in [-0.4, -0.2) is 63.9 Å². The van der Waals surface area contributed by atoms with Crippen LogP contribution in [0.2, 0.25) is 0 Å². The number of benzene rings is 1. The number of furan rings is 1. The number of aryl methyl sites for hydroxylation is 1. The summed E-state index contributed by atoms with van der Waals surface area (Å²) in [6.45, 7) is 3.69. The lowest BCUT2D eigenvalue weighted by atomic mass is 9.86. The number of pyridine rings is 1. The van der Waals surface area contributed by atoms with E-state index in [4.69, 9.17) is 14.1 Å². The SMILES string of the molecule is CCc1ccc(-c2oc3nc(N(CCCC(C)(COC)C(=O)O)S(C)(=O)=O)c(C4CC4)cc3c2C(=O)NC)cc1. The first kappa shape index (κ1) is 29.5. The molecule has 0 aliphatic heterocycles. The molecule has 10 nitrogen and oxygen atoms in total. The van der Waals surface area contributed by atoms with Gasteiger partial charge in [0.25, 0.3) is 5.91 Å². The summed E-state index contributed by atoms with van der Waals surface area (Å²) in [5, 5.41) is 12.9. The van der Waals surface area contributed by atoms with E-state index in [1.165, 1.54) is 11.4 Å². The van der Waals surface area contributed by atoms with Gasteiger partial charge >= 0.3 is 5.97 Å². The van der Waals surface area contributed by atoms with E-state index in [2.05, 4.69) is 12.2 Å². The summed E-state index contributed by atoms with van der Waals surface area (Å²) in [5.41, 5.74) is 1.96.